The molecule has 3 rings (SSSR count). The van der Waals surface area contributed by atoms with Crippen molar-refractivity contribution in [2.75, 3.05) is 5.32 Å². The van der Waals surface area contributed by atoms with Crippen LogP contribution in [0.2, 0.25) is 0 Å². The van der Waals surface area contributed by atoms with Crippen LogP contribution in [0.4, 0.5) is 5.69 Å². The molecule has 1 aromatic carbocycles. The Morgan fingerprint density at radius 2 is 2.05 bits per heavy atom. The van der Waals surface area contributed by atoms with Crippen LogP contribution in [0.15, 0.2) is 58.2 Å². The zero-order valence-corrected chi connectivity index (χ0v) is 13.5. The molecule has 1 N–H and O–H groups in total. The minimum Gasteiger partial charge on any atom is -0.379 e. The van der Waals surface area contributed by atoms with E-state index in [1.165, 1.54) is 4.68 Å². The number of nitrogens with one attached hydrogen (secondary N) is 1. The van der Waals surface area contributed by atoms with Gasteiger partial charge in [0.05, 0.1) is 17.6 Å². The first kappa shape index (κ1) is 14.5. The highest BCUT2D eigenvalue weighted by atomic mass is 79.9. The molecule has 0 saturated carbocycles. The van der Waals surface area contributed by atoms with Gasteiger partial charge in [-0.1, -0.05) is 18.2 Å². The average molecular weight is 360 g/mol. The topological polar surface area (TPSA) is 64.7 Å². The number of rotatable bonds is 4. The highest BCUT2D eigenvalue weighted by molar-refractivity contribution is 9.10. The SMILES string of the molecule is Cn1ncc(NCc2ccccc2-n2cccn2)c(Br)c1=O. The van der Waals surface area contributed by atoms with Gasteiger partial charge in [-0.2, -0.15) is 10.2 Å². The Labute approximate surface area is 135 Å². The zero-order valence-electron chi connectivity index (χ0n) is 11.9. The largest absolute Gasteiger partial charge is 0.379 e. The Hall–Kier alpha value is -2.41. The van der Waals surface area contributed by atoms with Gasteiger partial charge >= 0.3 is 0 Å². The summed E-state index contributed by atoms with van der Waals surface area (Å²) >= 11 is 3.31. The van der Waals surface area contributed by atoms with Crippen LogP contribution >= 0.6 is 15.9 Å². The maximum atomic E-state index is 11.9. The summed E-state index contributed by atoms with van der Waals surface area (Å²) in [5.41, 5.74) is 2.55. The summed E-state index contributed by atoms with van der Waals surface area (Å²) in [5.74, 6) is 0. The molecule has 22 heavy (non-hydrogen) atoms. The Balaban J connectivity index is 1.87. The molecule has 7 heteroatoms. The van der Waals surface area contributed by atoms with Gasteiger partial charge in [0, 0.05) is 26.0 Å². The molecule has 0 aliphatic rings. The molecule has 0 unspecified atom stereocenters. The Morgan fingerprint density at radius 1 is 1.23 bits per heavy atom. The summed E-state index contributed by atoms with van der Waals surface area (Å²) in [5, 5.41) is 11.5. The lowest BCUT2D eigenvalue weighted by Gasteiger charge is -2.12. The van der Waals surface area contributed by atoms with Crippen LogP contribution in [0.3, 0.4) is 0 Å². The molecule has 0 atom stereocenters. The van der Waals surface area contributed by atoms with Crippen molar-refractivity contribution in [3.63, 3.8) is 0 Å². The van der Waals surface area contributed by atoms with Gasteiger partial charge in [0.2, 0.25) is 0 Å². The van der Waals surface area contributed by atoms with E-state index in [1.807, 2.05) is 41.2 Å². The fraction of sp³-hybridized carbons (Fsp3) is 0.133. The van der Waals surface area contributed by atoms with E-state index in [-0.39, 0.29) is 5.56 Å². The Morgan fingerprint density at radius 3 is 2.82 bits per heavy atom. The van der Waals surface area contributed by atoms with E-state index in [0.29, 0.717) is 16.7 Å². The second-order valence-corrected chi connectivity index (χ2v) is 5.53. The number of anilines is 1. The van der Waals surface area contributed by atoms with Crippen molar-refractivity contribution in [1.29, 1.82) is 0 Å². The number of nitrogens with zero attached hydrogens (tertiary/aromatic N) is 4. The van der Waals surface area contributed by atoms with Gasteiger partial charge in [-0.05, 0) is 33.6 Å². The van der Waals surface area contributed by atoms with Gasteiger partial charge in [-0.25, -0.2) is 9.36 Å². The van der Waals surface area contributed by atoms with Crippen LogP contribution < -0.4 is 10.9 Å². The fourth-order valence-corrected chi connectivity index (χ4v) is 2.62. The summed E-state index contributed by atoms with van der Waals surface area (Å²) in [6, 6.07) is 9.84. The third kappa shape index (κ3) is 2.80. The lowest BCUT2D eigenvalue weighted by atomic mass is 10.1. The first-order valence-electron chi connectivity index (χ1n) is 6.70. The molecule has 0 aliphatic carbocycles. The molecule has 0 aliphatic heterocycles. The van der Waals surface area contributed by atoms with Crippen LogP contribution in [-0.4, -0.2) is 19.6 Å². The Bertz CT molecular complexity index is 841. The van der Waals surface area contributed by atoms with Crippen LogP contribution in [0.25, 0.3) is 5.69 Å². The normalized spacial score (nSPS) is 10.6. The van der Waals surface area contributed by atoms with E-state index in [4.69, 9.17) is 0 Å². The van der Waals surface area contributed by atoms with E-state index in [1.54, 1.807) is 19.4 Å². The summed E-state index contributed by atoms with van der Waals surface area (Å²) in [6.45, 7) is 0.559. The van der Waals surface area contributed by atoms with E-state index in [9.17, 15) is 4.79 Å². The molecular weight excluding hydrogens is 346 g/mol. The van der Waals surface area contributed by atoms with Gasteiger partial charge in [0.15, 0.2) is 0 Å². The molecule has 0 bridgehead atoms. The summed E-state index contributed by atoms with van der Waals surface area (Å²) in [7, 11) is 1.61. The highest BCUT2D eigenvalue weighted by Crippen LogP contribution is 2.19. The maximum absolute atomic E-state index is 11.9. The van der Waals surface area contributed by atoms with Crippen molar-refractivity contribution in [1.82, 2.24) is 19.6 Å². The number of aromatic nitrogens is 4. The molecule has 3 aromatic rings. The van der Waals surface area contributed by atoms with E-state index >= 15 is 0 Å². The number of halogens is 1. The van der Waals surface area contributed by atoms with Crippen molar-refractivity contribution in [3.8, 4) is 5.69 Å². The third-order valence-electron chi connectivity index (χ3n) is 3.29. The number of para-hydroxylation sites is 1. The van der Waals surface area contributed by atoms with Crippen LogP contribution in [0.5, 0.6) is 0 Å². The standard InChI is InChI=1S/C15H14BrN5O/c1-20-15(22)14(16)12(10-19-20)17-9-11-5-2-3-6-13(11)21-8-4-7-18-21/h2-8,10,17H,9H2,1H3. The smallest absolute Gasteiger partial charge is 0.282 e. The third-order valence-corrected chi connectivity index (χ3v) is 4.06. The van der Waals surface area contributed by atoms with Crippen molar-refractivity contribution < 1.29 is 0 Å². The van der Waals surface area contributed by atoms with E-state index in [0.717, 1.165) is 11.3 Å². The minimum absolute atomic E-state index is 0.176. The summed E-state index contributed by atoms with van der Waals surface area (Å²) in [6.07, 6.45) is 5.27. The first-order chi connectivity index (χ1) is 10.7. The molecule has 0 fully saturated rings. The van der Waals surface area contributed by atoms with Crippen molar-refractivity contribution in [2.24, 2.45) is 7.05 Å². The van der Waals surface area contributed by atoms with Gasteiger partial charge in [-0.15, -0.1) is 0 Å². The van der Waals surface area contributed by atoms with Crippen molar-refractivity contribution >= 4 is 21.6 Å². The minimum atomic E-state index is -0.176. The quantitative estimate of drug-likeness (QED) is 0.776. The molecule has 0 spiro atoms. The maximum Gasteiger partial charge on any atom is 0.282 e. The molecule has 0 radical (unpaired) electrons. The van der Waals surface area contributed by atoms with Gasteiger partial charge in [-0.3, -0.25) is 4.79 Å². The molecule has 2 heterocycles. The Kier molecular flexibility index (Phi) is 4.06. The van der Waals surface area contributed by atoms with E-state index < -0.39 is 0 Å². The van der Waals surface area contributed by atoms with Gasteiger partial charge < -0.3 is 5.32 Å². The van der Waals surface area contributed by atoms with Gasteiger partial charge in [0.1, 0.15) is 4.47 Å². The molecule has 6 nitrogen and oxygen atoms in total. The monoisotopic (exact) mass is 359 g/mol. The average Bonchev–Trinajstić information content (AvgIpc) is 3.06. The lowest BCUT2D eigenvalue weighted by molar-refractivity contribution is 0.703. The van der Waals surface area contributed by atoms with Crippen LogP contribution in [-0.2, 0) is 13.6 Å². The van der Waals surface area contributed by atoms with Crippen molar-refractivity contribution in [3.05, 3.63) is 69.3 Å². The second kappa shape index (κ2) is 6.15. The molecule has 2 aromatic heterocycles. The lowest BCUT2D eigenvalue weighted by Crippen LogP contribution is -2.21. The first-order valence-corrected chi connectivity index (χ1v) is 7.49. The summed E-state index contributed by atoms with van der Waals surface area (Å²) in [4.78, 5) is 11.9. The number of hydrogen-bond donors (Lipinski definition) is 1. The van der Waals surface area contributed by atoms with Gasteiger partial charge in [0.25, 0.3) is 5.56 Å². The fourth-order valence-electron chi connectivity index (χ4n) is 2.12. The number of aryl methyl sites for hydroxylation is 1. The van der Waals surface area contributed by atoms with E-state index in [2.05, 4.69) is 31.4 Å². The number of hydrogen-bond acceptors (Lipinski definition) is 4. The molecule has 0 saturated heterocycles. The molecular formula is C15H14BrN5O. The predicted octanol–water partition coefficient (Wildman–Crippen LogP) is 2.34. The number of benzene rings is 1. The zero-order chi connectivity index (χ0) is 15.5. The molecule has 0 amide bonds. The van der Waals surface area contributed by atoms with Crippen LogP contribution in [0.1, 0.15) is 5.56 Å². The predicted molar refractivity (Wildman–Crippen MR) is 88.1 cm³/mol. The highest BCUT2D eigenvalue weighted by Gasteiger charge is 2.08. The second-order valence-electron chi connectivity index (χ2n) is 4.73. The van der Waals surface area contributed by atoms with Crippen LogP contribution in [0, 0.1) is 0 Å². The van der Waals surface area contributed by atoms with Crippen molar-refractivity contribution in [2.45, 2.75) is 6.54 Å². The summed E-state index contributed by atoms with van der Waals surface area (Å²) < 4.78 is 3.57. The molecule has 112 valence electrons.